The maximum atomic E-state index is 10.3. The Balaban J connectivity index is 3.72. The van der Waals surface area contributed by atoms with Gasteiger partial charge in [-0.15, -0.1) is 0 Å². The van der Waals surface area contributed by atoms with Gasteiger partial charge in [0.15, 0.2) is 11.1 Å². The van der Waals surface area contributed by atoms with Gasteiger partial charge >= 0.3 is 0 Å². The molecule has 3 atom stereocenters. The third kappa shape index (κ3) is 2.93. The van der Waals surface area contributed by atoms with Gasteiger partial charge in [0.2, 0.25) is 0 Å². The summed E-state index contributed by atoms with van der Waals surface area (Å²) in [6.07, 6.45) is 0.841. The van der Waals surface area contributed by atoms with E-state index in [1.807, 2.05) is 13.8 Å². The molecule has 0 saturated carbocycles. The second kappa shape index (κ2) is 3.98. The van der Waals surface area contributed by atoms with Crippen LogP contribution in [0.3, 0.4) is 0 Å². The summed E-state index contributed by atoms with van der Waals surface area (Å²) in [5.41, 5.74) is 5.32. The summed E-state index contributed by atoms with van der Waals surface area (Å²) in [7, 11) is 0. The van der Waals surface area contributed by atoms with Crippen molar-refractivity contribution in [3.63, 3.8) is 0 Å². The monoisotopic (exact) mass is 151 g/mol. The van der Waals surface area contributed by atoms with Crippen molar-refractivity contribution in [2.45, 2.75) is 25.6 Å². The van der Waals surface area contributed by atoms with Crippen LogP contribution in [0.25, 0.3) is 0 Å². The van der Waals surface area contributed by atoms with Gasteiger partial charge in [-0.05, 0) is 5.92 Å². The molecular weight excluding hydrogens is 138 g/mol. The van der Waals surface area contributed by atoms with Gasteiger partial charge in [-0.25, -0.2) is 4.21 Å². The van der Waals surface area contributed by atoms with Crippen LogP contribution >= 0.6 is 0 Å². The molecule has 0 aromatic rings. The molecule has 3 nitrogen and oxygen atoms in total. The summed E-state index contributed by atoms with van der Waals surface area (Å²) >= 11 is -1.86. The Kier molecular flexibility index (Phi) is 4.01. The summed E-state index contributed by atoms with van der Waals surface area (Å²) < 4.78 is 18.8. The minimum atomic E-state index is -1.86. The summed E-state index contributed by atoms with van der Waals surface area (Å²) in [6.45, 7) is 3.80. The quantitative estimate of drug-likeness (QED) is 0.579. The van der Waals surface area contributed by atoms with E-state index in [0.29, 0.717) is 0 Å². The maximum absolute atomic E-state index is 10.3. The highest BCUT2D eigenvalue weighted by molar-refractivity contribution is 7.79. The molecule has 0 amide bonds. The molecule has 0 heterocycles. The second-order valence-electron chi connectivity index (χ2n) is 2.13. The zero-order chi connectivity index (χ0) is 7.44. The second-order valence-corrected chi connectivity index (χ2v) is 3.22. The topological polar surface area (TPSA) is 63.3 Å². The molecule has 0 fully saturated rings. The average Bonchev–Trinajstić information content (AvgIpc) is 1.84. The highest BCUT2D eigenvalue weighted by Gasteiger charge is 2.15. The average molecular weight is 151 g/mol. The lowest BCUT2D eigenvalue weighted by atomic mass is 10.1. The SMILES string of the molecule is CC[C@H](C)[C@H](N)S(=O)O. The van der Waals surface area contributed by atoms with E-state index in [0.717, 1.165) is 6.42 Å². The van der Waals surface area contributed by atoms with Gasteiger partial charge in [0.1, 0.15) is 5.37 Å². The van der Waals surface area contributed by atoms with E-state index in [1.165, 1.54) is 0 Å². The highest BCUT2D eigenvalue weighted by atomic mass is 32.2. The Morgan fingerprint density at radius 1 is 1.78 bits per heavy atom. The Hall–Kier alpha value is 0.0700. The van der Waals surface area contributed by atoms with Crippen LogP contribution in [0, 0.1) is 5.92 Å². The first kappa shape index (κ1) is 9.07. The van der Waals surface area contributed by atoms with Crippen LogP contribution in [0.2, 0.25) is 0 Å². The lowest BCUT2D eigenvalue weighted by molar-refractivity contribution is 0.483. The van der Waals surface area contributed by atoms with Crippen LogP contribution in [0.15, 0.2) is 0 Å². The predicted octanol–water partition coefficient (Wildman–Crippen LogP) is 0.539. The molecule has 0 spiro atoms. The summed E-state index contributed by atoms with van der Waals surface area (Å²) in [4.78, 5) is 0. The first-order chi connectivity index (χ1) is 4.09. The van der Waals surface area contributed by atoms with E-state index < -0.39 is 16.5 Å². The first-order valence-corrected chi connectivity index (χ1v) is 4.11. The minimum Gasteiger partial charge on any atom is -0.315 e. The molecular formula is C5H13NO2S. The van der Waals surface area contributed by atoms with Crippen molar-refractivity contribution in [3.05, 3.63) is 0 Å². The molecule has 1 unspecified atom stereocenters. The largest absolute Gasteiger partial charge is 0.315 e. The van der Waals surface area contributed by atoms with Gasteiger partial charge in [0.05, 0.1) is 0 Å². The molecule has 56 valence electrons. The van der Waals surface area contributed by atoms with Gasteiger partial charge in [0, 0.05) is 0 Å². The van der Waals surface area contributed by atoms with Crippen molar-refractivity contribution >= 4 is 11.1 Å². The molecule has 0 aliphatic heterocycles. The minimum absolute atomic E-state index is 0.121. The molecule has 0 saturated heterocycles. The Bertz CT molecular complexity index is 107. The van der Waals surface area contributed by atoms with E-state index >= 15 is 0 Å². The fourth-order valence-electron chi connectivity index (χ4n) is 0.431. The summed E-state index contributed by atoms with van der Waals surface area (Å²) in [6, 6.07) is 0. The van der Waals surface area contributed by atoms with Crippen LogP contribution < -0.4 is 5.73 Å². The van der Waals surface area contributed by atoms with Crippen molar-refractivity contribution in [2.24, 2.45) is 11.7 Å². The van der Waals surface area contributed by atoms with Gasteiger partial charge in [-0.1, -0.05) is 20.3 Å². The molecule has 0 aliphatic carbocycles. The van der Waals surface area contributed by atoms with Crippen molar-refractivity contribution in [2.75, 3.05) is 0 Å². The van der Waals surface area contributed by atoms with Crippen LogP contribution in [-0.4, -0.2) is 14.1 Å². The summed E-state index contributed by atoms with van der Waals surface area (Å²) in [5.74, 6) is 0.121. The van der Waals surface area contributed by atoms with E-state index in [9.17, 15) is 4.21 Å². The molecule has 0 rings (SSSR count). The van der Waals surface area contributed by atoms with Gasteiger partial charge in [-0.2, -0.15) is 0 Å². The fourth-order valence-corrected chi connectivity index (χ4v) is 1.02. The van der Waals surface area contributed by atoms with Crippen molar-refractivity contribution in [1.82, 2.24) is 0 Å². The third-order valence-corrected chi connectivity index (χ3v) is 2.37. The van der Waals surface area contributed by atoms with Crippen LogP contribution in [0.5, 0.6) is 0 Å². The van der Waals surface area contributed by atoms with Gasteiger partial charge < -0.3 is 10.3 Å². The predicted molar refractivity (Wildman–Crippen MR) is 38.2 cm³/mol. The molecule has 0 bridgehead atoms. The molecule has 0 aromatic heterocycles. The molecule has 3 N–H and O–H groups in total. The zero-order valence-corrected chi connectivity index (χ0v) is 6.52. The van der Waals surface area contributed by atoms with Crippen LogP contribution in [0.4, 0.5) is 0 Å². The van der Waals surface area contributed by atoms with Gasteiger partial charge in [0.25, 0.3) is 0 Å². The lowest BCUT2D eigenvalue weighted by Gasteiger charge is -2.12. The molecule has 0 aromatic carbocycles. The Morgan fingerprint density at radius 3 is 2.33 bits per heavy atom. The fraction of sp³-hybridized carbons (Fsp3) is 1.00. The molecule has 9 heavy (non-hydrogen) atoms. The lowest BCUT2D eigenvalue weighted by Crippen LogP contribution is -2.32. The maximum Gasteiger partial charge on any atom is 0.170 e. The van der Waals surface area contributed by atoms with Crippen LogP contribution in [0.1, 0.15) is 20.3 Å². The third-order valence-electron chi connectivity index (χ3n) is 1.44. The zero-order valence-electron chi connectivity index (χ0n) is 5.70. The molecule has 0 aliphatic rings. The summed E-state index contributed by atoms with van der Waals surface area (Å²) in [5, 5.41) is -0.588. The Morgan fingerprint density at radius 2 is 2.22 bits per heavy atom. The van der Waals surface area contributed by atoms with E-state index in [4.69, 9.17) is 10.3 Å². The normalized spacial score (nSPS) is 20.9. The van der Waals surface area contributed by atoms with E-state index in [1.54, 1.807) is 0 Å². The van der Waals surface area contributed by atoms with E-state index in [-0.39, 0.29) is 5.92 Å². The number of hydrogen-bond acceptors (Lipinski definition) is 2. The van der Waals surface area contributed by atoms with E-state index in [2.05, 4.69) is 0 Å². The highest BCUT2D eigenvalue weighted by Crippen LogP contribution is 2.06. The van der Waals surface area contributed by atoms with Crippen molar-refractivity contribution in [1.29, 1.82) is 0 Å². The molecule has 4 heteroatoms. The smallest absolute Gasteiger partial charge is 0.170 e. The standard InChI is InChI=1S/C5H13NO2S/c1-3-4(2)5(6)9(7)8/h4-5H,3,6H2,1-2H3,(H,7,8)/t4-,5+/m0/s1. The van der Waals surface area contributed by atoms with Crippen molar-refractivity contribution in [3.8, 4) is 0 Å². The van der Waals surface area contributed by atoms with Gasteiger partial charge in [-0.3, -0.25) is 0 Å². The van der Waals surface area contributed by atoms with Crippen LogP contribution in [-0.2, 0) is 11.1 Å². The number of rotatable bonds is 3. The number of hydrogen-bond donors (Lipinski definition) is 2. The number of nitrogens with two attached hydrogens (primary N) is 1. The Labute approximate surface area is 57.9 Å². The first-order valence-electron chi connectivity index (χ1n) is 2.94. The molecule has 0 radical (unpaired) electrons. The van der Waals surface area contributed by atoms with Crippen molar-refractivity contribution < 1.29 is 8.76 Å².